The summed E-state index contributed by atoms with van der Waals surface area (Å²) in [7, 11) is 0. The minimum absolute atomic E-state index is 0.471. The number of hydrogen-bond donors (Lipinski definition) is 1. The Bertz CT molecular complexity index is 413. The zero-order chi connectivity index (χ0) is 13.1. The number of aliphatic hydroxyl groups is 1. The molecule has 1 aromatic rings. The van der Waals surface area contributed by atoms with Gasteiger partial charge >= 0.3 is 0 Å². The van der Waals surface area contributed by atoms with E-state index in [-0.39, 0.29) is 0 Å². The molecule has 2 unspecified atom stereocenters. The third-order valence-corrected chi connectivity index (χ3v) is 4.37. The molecule has 0 saturated carbocycles. The van der Waals surface area contributed by atoms with Crippen molar-refractivity contribution >= 4 is 27.5 Å². The summed E-state index contributed by atoms with van der Waals surface area (Å²) in [4.78, 5) is 2.42. The first-order valence-electron chi connectivity index (χ1n) is 6.41. The van der Waals surface area contributed by atoms with Crippen molar-refractivity contribution < 1.29 is 5.11 Å². The standard InChI is InChI=1S/C14H19BrClNO/c1-10-4-6-17(9-10)7-5-14(18)12-3-2-11(15)8-13(12)16/h2-3,8,10,14,18H,4-7,9H2,1H3. The predicted octanol–water partition coefficient (Wildman–Crippen LogP) is 3.87. The fraction of sp³-hybridized carbons (Fsp3) is 0.571. The molecule has 0 amide bonds. The van der Waals surface area contributed by atoms with Gasteiger partial charge in [0.05, 0.1) is 6.10 Å². The molecular weight excluding hydrogens is 314 g/mol. The van der Waals surface area contributed by atoms with Crippen LogP contribution in [-0.2, 0) is 0 Å². The van der Waals surface area contributed by atoms with E-state index in [4.69, 9.17) is 11.6 Å². The van der Waals surface area contributed by atoms with E-state index >= 15 is 0 Å². The van der Waals surface area contributed by atoms with Crippen LogP contribution in [0.3, 0.4) is 0 Å². The highest BCUT2D eigenvalue weighted by Crippen LogP contribution is 2.28. The molecule has 2 nitrogen and oxygen atoms in total. The molecule has 1 aliphatic rings. The second-order valence-electron chi connectivity index (χ2n) is 5.16. The van der Waals surface area contributed by atoms with Crippen LogP contribution < -0.4 is 0 Å². The monoisotopic (exact) mass is 331 g/mol. The van der Waals surface area contributed by atoms with Crippen LogP contribution in [0.25, 0.3) is 0 Å². The summed E-state index contributed by atoms with van der Waals surface area (Å²) < 4.78 is 0.941. The third kappa shape index (κ3) is 3.70. The number of rotatable bonds is 4. The average molecular weight is 333 g/mol. The Morgan fingerprint density at radius 2 is 2.33 bits per heavy atom. The summed E-state index contributed by atoms with van der Waals surface area (Å²) in [5, 5.41) is 10.8. The molecule has 0 spiro atoms. The number of aliphatic hydroxyl groups excluding tert-OH is 1. The maximum absolute atomic E-state index is 10.2. The molecule has 0 aliphatic carbocycles. The molecule has 18 heavy (non-hydrogen) atoms. The predicted molar refractivity (Wildman–Crippen MR) is 78.9 cm³/mol. The highest BCUT2D eigenvalue weighted by atomic mass is 79.9. The summed E-state index contributed by atoms with van der Waals surface area (Å²) in [6.07, 6.45) is 1.55. The van der Waals surface area contributed by atoms with Gasteiger partial charge in [-0.2, -0.15) is 0 Å². The molecule has 4 heteroatoms. The molecule has 0 aromatic heterocycles. The quantitative estimate of drug-likeness (QED) is 0.905. The maximum atomic E-state index is 10.2. The normalized spacial score (nSPS) is 22.3. The lowest BCUT2D eigenvalue weighted by Crippen LogP contribution is -2.23. The van der Waals surface area contributed by atoms with Crippen molar-refractivity contribution in [1.29, 1.82) is 0 Å². The van der Waals surface area contributed by atoms with E-state index in [0.717, 1.165) is 42.0 Å². The van der Waals surface area contributed by atoms with Gasteiger partial charge in [-0.15, -0.1) is 0 Å². The van der Waals surface area contributed by atoms with Gasteiger partial charge in [0, 0.05) is 22.6 Å². The van der Waals surface area contributed by atoms with Gasteiger partial charge in [-0.3, -0.25) is 0 Å². The van der Waals surface area contributed by atoms with E-state index < -0.39 is 6.10 Å². The number of benzene rings is 1. The smallest absolute Gasteiger partial charge is 0.0816 e. The Hall–Kier alpha value is -0.0900. The van der Waals surface area contributed by atoms with Crippen LogP contribution in [0.15, 0.2) is 22.7 Å². The van der Waals surface area contributed by atoms with Crippen molar-refractivity contribution in [3.05, 3.63) is 33.3 Å². The Balaban J connectivity index is 1.89. The van der Waals surface area contributed by atoms with Crippen molar-refractivity contribution in [2.24, 2.45) is 5.92 Å². The summed E-state index contributed by atoms with van der Waals surface area (Å²) >= 11 is 9.51. The molecule has 1 fully saturated rings. The van der Waals surface area contributed by atoms with Crippen LogP contribution in [0.4, 0.5) is 0 Å². The number of halogens is 2. The van der Waals surface area contributed by atoms with E-state index in [2.05, 4.69) is 27.8 Å². The van der Waals surface area contributed by atoms with Gasteiger partial charge in [0.2, 0.25) is 0 Å². The van der Waals surface area contributed by atoms with Crippen LogP contribution in [0.1, 0.15) is 31.4 Å². The first kappa shape index (κ1) is 14.3. The lowest BCUT2D eigenvalue weighted by atomic mass is 10.1. The zero-order valence-corrected chi connectivity index (χ0v) is 12.9. The first-order valence-corrected chi connectivity index (χ1v) is 7.58. The molecule has 2 rings (SSSR count). The van der Waals surface area contributed by atoms with Gasteiger partial charge in [0.15, 0.2) is 0 Å². The van der Waals surface area contributed by atoms with E-state index in [1.165, 1.54) is 6.42 Å². The third-order valence-electron chi connectivity index (χ3n) is 3.55. The fourth-order valence-electron chi connectivity index (χ4n) is 2.46. The molecule has 1 N–H and O–H groups in total. The lowest BCUT2D eigenvalue weighted by Gasteiger charge is -2.18. The van der Waals surface area contributed by atoms with Crippen molar-refractivity contribution in [2.45, 2.75) is 25.9 Å². The highest BCUT2D eigenvalue weighted by molar-refractivity contribution is 9.10. The second-order valence-corrected chi connectivity index (χ2v) is 6.49. The number of hydrogen-bond acceptors (Lipinski definition) is 2. The Labute approximate surface area is 122 Å². The van der Waals surface area contributed by atoms with Crippen LogP contribution in [-0.4, -0.2) is 29.6 Å². The maximum Gasteiger partial charge on any atom is 0.0816 e. The summed E-state index contributed by atoms with van der Waals surface area (Å²) in [5.41, 5.74) is 0.826. The second kappa shape index (κ2) is 6.38. The van der Waals surface area contributed by atoms with Gasteiger partial charge < -0.3 is 10.0 Å². The van der Waals surface area contributed by atoms with Gasteiger partial charge in [-0.05, 0) is 43.0 Å². The van der Waals surface area contributed by atoms with Crippen molar-refractivity contribution in [1.82, 2.24) is 4.90 Å². The lowest BCUT2D eigenvalue weighted by molar-refractivity contribution is 0.148. The first-order chi connectivity index (χ1) is 8.56. The van der Waals surface area contributed by atoms with Crippen LogP contribution in [0.5, 0.6) is 0 Å². The molecule has 0 radical (unpaired) electrons. The summed E-state index contributed by atoms with van der Waals surface area (Å²) in [6.45, 7) is 5.53. The number of nitrogens with zero attached hydrogens (tertiary/aromatic N) is 1. The Morgan fingerprint density at radius 3 is 2.94 bits per heavy atom. The molecule has 1 heterocycles. The Morgan fingerprint density at radius 1 is 1.56 bits per heavy atom. The molecule has 1 saturated heterocycles. The Kier molecular flexibility index (Phi) is 5.07. The van der Waals surface area contributed by atoms with Crippen molar-refractivity contribution in [3.8, 4) is 0 Å². The zero-order valence-electron chi connectivity index (χ0n) is 10.6. The minimum Gasteiger partial charge on any atom is -0.388 e. The molecule has 2 atom stereocenters. The summed E-state index contributed by atoms with van der Waals surface area (Å²) in [5.74, 6) is 0.790. The SMILES string of the molecule is CC1CCN(CCC(O)c2ccc(Br)cc2Cl)C1. The largest absolute Gasteiger partial charge is 0.388 e. The van der Waals surface area contributed by atoms with Gasteiger partial charge in [0.25, 0.3) is 0 Å². The van der Waals surface area contributed by atoms with E-state index in [0.29, 0.717) is 5.02 Å². The van der Waals surface area contributed by atoms with Gasteiger partial charge in [-0.1, -0.05) is 40.5 Å². The topological polar surface area (TPSA) is 23.5 Å². The van der Waals surface area contributed by atoms with Crippen LogP contribution >= 0.6 is 27.5 Å². The van der Waals surface area contributed by atoms with Gasteiger partial charge in [0.1, 0.15) is 0 Å². The minimum atomic E-state index is -0.471. The van der Waals surface area contributed by atoms with E-state index in [1.54, 1.807) is 0 Å². The molecule has 1 aliphatic heterocycles. The summed E-state index contributed by atoms with van der Waals surface area (Å²) in [6, 6.07) is 5.64. The number of likely N-dealkylation sites (tertiary alicyclic amines) is 1. The van der Waals surface area contributed by atoms with E-state index in [9.17, 15) is 5.11 Å². The van der Waals surface area contributed by atoms with Crippen LogP contribution in [0.2, 0.25) is 5.02 Å². The molecule has 0 bridgehead atoms. The van der Waals surface area contributed by atoms with Crippen molar-refractivity contribution in [2.75, 3.05) is 19.6 Å². The van der Waals surface area contributed by atoms with E-state index in [1.807, 2.05) is 18.2 Å². The van der Waals surface area contributed by atoms with Crippen LogP contribution in [0, 0.1) is 5.92 Å². The molecular formula is C14H19BrClNO. The fourth-order valence-corrected chi connectivity index (χ4v) is 3.26. The molecule has 100 valence electrons. The molecule has 1 aromatic carbocycles. The van der Waals surface area contributed by atoms with Crippen molar-refractivity contribution in [3.63, 3.8) is 0 Å². The van der Waals surface area contributed by atoms with Gasteiger partial charge in [-0.25, -0.2) is 0 Å². The highest BCUT2D eigenvalue weighted by Gasteiger charge is 2.20. The average Bonchev–Trinajstić information content (AvgIpc) is 2.72.